The molecule has 0 atom stereocenters. The van der Waals surface area contributed by atoms with Crippen molar-refractivity contribution in [2.45, 2.75) is 51.8 Å². The molecule has 152 valence electrons. The summed E-state index contributed by atoms with van der Waals surface area (Å²) in [6, 6.07) is 0.906. The molecule has 0 saturated carbocycles. The Morgan fingerprint density at radius 1 is 1.00 bits per heavy atom. The number of ketones is 1. The van der Waals surface area contributed by atoms with Gasteiger partial charge in [0.05, 0.1) is 24.3 Å². The molecule has 1 aliphatic heterocycles. The molecule has 0 spiro atoms. The van der Waals surface area contributed by atoms with Crippen molar-refractivity contribution in [2.24, 2.45) is 5.41 Å². The van der Waals surface area contributed by atoms with E-state index >= 15 is 0 Å². The number of halogens is 6. The van der Waals surface area contributed by atoms with Crippen molar-refractivity contribution in [3.63, 3.8) is 0 Å². The molecule has 1 aliphatic rings. The summed E-state index contributed by atoms with van der Waals surface area (Å²) in [5, 5.41) is 0. The van der Waals surface area contributed by atoms with Crippen LogP contribution in [0.2, 0.25) is 0 Å². The summed E-state index contributed by atoms with van der Waals surface area (Å²) in [6.45, 7) is 4.85. The first-order chi connectivity index (χ1) is 12.3. The van der Waals surface area contributed by atoms with Gasteiger partial charge in [0.25, 0.3) is 0 Å². The first-order valence-corrected chi connectivity index (χ1v) is 8.34. The summed E-state index contributed by atoms with van der Waals surface area (Å²) in [6.07, 6.45) is -10.1. The first-order valence-electron chi connectivity index (χ1n) is 8.34. The van der Waals surface area contributed by atoms with Gasteiger partial charge in [-0.25, -0.2) is 0 Å². The fourth-order valence-electron chi connectivity index (χ4n) is 2.58. The molecule has 0 amide bonds. The zero-order chi connectivity index (χ0) is 20.5. The predicted molar refractivity (Wildman–Crippen MR) is 84.1 cm³/mol. The van der Waals surface area contributed by atoms with Gasteiger partial charge in [0.1, 0.15) is 0 Å². The Hall–Kier alpha value is -1.61. The molecule has 3 nitrogen and oxygen atoms in total. The Bertz CT molecular complexity index is 636. The van der Waals surface area contributed by atoms with Crippen LogP contribution in [0.4, 0.5) is 26.3 Å². The van der Waals surface area contributed by atoms with Crippen LogP contribution in [-0.2, 0) is 21.8 Å². The van der Waals surface area contributed by atoms with Crippen LogP contribution in [0.5, 0.6) is 0 Å². The predicted octanol–water partition coefficient (Wildman–Crippen LogP) is 5.48. The molecule has 2 rings (SSSR count). The molecule has 1 heterocycles. The van der Waals surface area contributed by atoms with E-state index in [4.69, 9.17) is 9.47 Å². The molecular formula is C18H20F6O3. The van der Waals surface area contributed by atoms with Crippen molar-refractivity contribution in [3.8, 4) is 0 Å². The fraction of sp³-hybridized carbons (Fsp3) is 0.611. The SMILES string of the molecule is CC1(C)COC(CCCC(=O)c2cc(C(F)(F)F)cc(C(F)(F)F)c2)OC1. The van der Waals surface area contributed by atoms with Crippen molar-refractivity contribution in [2.75, 3.05) is 13.2 Å². The number of Topliss-reactive ketones (excluding diaryl/α,β-unsaturated/α-hetero) is 1. The van der Waals surface area contributed by atoms with Crippen LogP contribution < -0.4 is 0 Å². The number of alkyl halides is 6. The molecule has 1 fully saturated rings. The van der Waals surface area contributed by atoms with E-state index in [1.54, 1.807) is 0 Å². The summed E-state index contributed by atoms with van der Waals surface area (Å²) in [7, 11) is 0. The van der Waals surface area contributed by atoms with E-state index < -0.39 is 41.1 Å². The molecular weight excluding hydrogens is 378 g/mol. The van der Waals surface area contributed by atoms with Crippen molar-refractivity contribution >= 4 is 5.78 Å². The lowest BCUT2D eigenvalue weighted by Crippen LogP contribution is -2.37. The van der Waals surface area contributed by atoms with Gasteiger partial charge in [-0.3, -0.25) is 4.79 Å². The topological polar surface area (TPSA) is 35.5 Å². The van der Waals surface area contributed by atoms with E-state index in [1.807, 2.05) is 13.8 Å². The maximum Gasteiger partial charge on any atom is 0.416 e. The lowest BCUT2D eigenvalue weighted by atomic mass is 9.95. The monoisotopic (exact) mass is 398 g/mol. The summed E-state index contributed by atoms with van der Waals surface area (Å²) in [4.78, 5) is 12.1. The van der Waals surface area contributed by atoms with Gasteiger partial charge in [-0.1, -0.05) is 13.8 Å². The van der Waals surface area contributed by atoms with Gasteiger partial charge in [0, 0.05) is 17.4 Å². The standard InChI is InChI=1S/C18H20F6O3/c1-16(2)9-26-15(27-10-16)5-3-4-14(25)11-6-12(17(19,20)21)8-13(7-11)18(22,23)24/h6-8,15H,3-5,9-10H2,1-2H3. The summed E-state index contributed by atoms with van der Waals surface area (Å²) >= 11 is 0. The largest absolute Gasteiger partial charge is 0.416 e. The quantitative estimate of drug-likeness (QED) is 0.487. The summed E-state index contributed by atoms with van der Waals surface area (Å²) in [5.41, 5.74) is -3.73. The molecule has 0 unspecified atom stereocenters. The van der Waals surface area contributed by atoms with E-state index in [1.165, 1.54) is 0 Å². The minimum atomic E-state index is -4.98. The van der Waals surface area contributed by atoms with Crippen molar-refractivity contribution in [1.82, 2.24) is 0 Å². The zero-order valence-corrected chi connectivity index (χ0v) is 14.8. The number of benzene rings is 1. The minimum absolute atomic E-state index is 0.00222. The van der Waals surface area contributed by atoms with Crippen LogP contribution in [0.1, 0.15) is 54.6 Å². The van der Waals surface area contributed by atoms with Crippen molar-refractivity contribution in [3.05, 3.63) is 34.9 Å². The average Bonchev–Trinajstić information content (AvgIpc) is 2.54. The Morgan fingerprint density at radius 3 is 1.93 bits per heavy atom. The highest BCUT2D eigenvalue weighted by Crippen LogP contribution is 2.36. The molecule has 9 heteroatoms. The van der Waals surface area contributed by atoms with Crippen LogP contribution in [0.3, 0.4) is 0 Å². The third-order valence-electron chi connectivity index (χ3n) is 4.07. The lowest BCUT2D eigenvalue weighted by Gasteiger charge is -2.34. The number of carbonyl (C=O) groups is 1. The van der Waals surface area contributed by atoms with Gasteiger partial charge >= 0.3 is 12.4 Å². The molecule has 0 aliphatic carbocycles. The van der Waals surface area contributed by atoms with E-state index in [0.717, 1.165) is 0 Å². The molecule has 0 N–H and O–H groups in total. The molecule has 1 aromatic carbocycles. The maximum atomic E-state index is 12.8. The van der Waals surface area contributed by atoms with Crippen LogP contribution in [-0.4, -0.2) is 25.3 Å². The van der Waals surface area contributed by atoms with Gasteiger partial charge in [0.15, 0.2) is 12.1 Å². The van der Waals surface area contributed by atoms with Crippen LogP contribution >= 0.6 is 0 Å². The molecule has 1 aromatic rings. The van der Waals surface area contributed by atoms with Gasteiger partial charge in [-0.05, 0) is 31.0 Å². The van der Waals surface area contributed by atoms with Crippen molar-refractivity contribution in [1.29, 1.82) is 0 Å². The van der Waals surface area contributed by atoms with Gasteiger partial charge < -0.3 is 9.47 Å². The van der Waals surface area contributed by atoms with Gasteiger partial charge in [0.2, 0.25) is 0 Å². The highest BCUT2D eigenvalue weighted by Gasteiger charge is 2.37. The number of carbonyl (C=O) groups excluding carboxylic acids is 1. The highest BCUT2D eigenvalue weighted by molar-refractivity contribution is 5.96. The van der Waals surface area contributed by atoms with Crippen LogP contribution in [0, 0.1) is 5.41 Å². The van der Waals surface area contributed by atoms with E-state index in [0.29, 0.717) is 31.8 Å². The Kier molecular flexibility index (Phi) is 6.26. The number of ether oxygens (including phenoxy) is 2. The normalized spacial score (nSPS) is 18.5. The Balaban J connectivity index is 2.03. The third-order valence-corrected chi connectivity index (χ3v) is 4.07. The molecule has 27 heavy (non-hydrogen) atoms. The average molecular weight is 398 g/mol. The highest BCUT2D eigenvalue weighted by atomic mass is 19.4. The number of hydrogen-bond acceptors (Lipinski definition) is 3. The second kappa shape index (κ2) is 7.79. The number of rotatable bonds is 5. The number of hydrogen-bond donors (Lipinski definition) is 0. The molecule has 0 aromatic heterocycles. The lowest BCUT2D eigenvalue weighted by molar-refractivity contribution is -0.223. The summed E-state index contributed by atoms with van der Waals surface area (Å²) in [5.74, 6) is -0.789. The first kappa shape index (κ1) is 21.7. The van der Waals surface area contributed by atoms with E-state index in [9.17, 15) is 31.1 Å². The maximum absolute atomic E-state index is 12.8. The van der Waals surface area contributed by atoms with Crippen molar-refractivity contribution < 1.29 is 40.6 Å². The smallest absolute Gasteiger partial charge is 0.352 e. The molecule has 1 saturated heterocycles. The Morgan fingerprint density at radius 2 is 1.48 bits per heavy atom. The third kappa shape index (κ3) is 6.21. The molecule has 0 radical (unpaired) electrons. The minimum Gasteiger partial charge on any atom is -0.352 e. The van der Waals surface area contributed by atoms with E-state index in [-0.39, 0.29) is 24.3 Å². The van der Waals surface area contributed by atoms with Gasteiger partial charge in [-0.2, -0.15) is 26.3 Å². The van der Waals surface area contributed by atoms with Crippen LogP contribution in [0.15, 0.2) is 18.2 Å². The van der Waals surface area contributed by atoms with Gasteiger partial charge in [-0.15, -0.1) is 0 Å². The Labute approximate surface area is 152 Å². The fourth-order valence-corrected chi connectivity index (χ4v) is 2.58. The second-order valence-corrected chi connectivity index (χ2v) is 7.33. The van der Waals surface area contributed by atoms with Crippen LogP contribution in [0.25, 0.3) is 0 Å². The molecule has 0 bridgehead atoms. The second-order valence-electron chi connectivity index (χ2n) is 7.33. The zero-order valence-electron chi connectivity index (χ0n) is 14.8. The summed E-state index contributed by atoms with van der Waals surface area (Å²) < 4.78 is 88.0. The van der Waals surface area contributed by atoms with E-state index in [2.05, 4.69) is 0 Å².